The number of rotatable bonds is 8. The quantitative estimate of drug-likeness (QED) is 0.606. The standard InChI is InChI=1S/C24H27FN2O4/c1-17(28)3-4-19-5-8-21(9-6-19)31-16-24(30)27-13-11-26(12-14-27)23-10-7-20(18(2)29)15-22(23)25/h5-10,15H,3-4,11-14,16H2,1-2H3. The van der Waals surface area contributed by atoms with E-state index in [2.05, 4.69) is 0 Å². The van der Waals surface area contributed by atoms with Gasteiger partial charge >= 0.3 is 0 Å². The van der Waals surface area contributed by atoms with Gasteiger partial charge in [0.15, 0.2) is 12.4 Å². The summed E-state index contributed by atoms with van der Waals surface area (Å²) in [4.78, 5) is 38.5. The molecule has 1 aliphatic rings. The van der Waals surface area contributed by atoms with Crippen LogP contribution in [0.2, 0.25) is 0 Å². The summed E-state index contributed by atoms with van der Waals surface area (Å²) in [5.41, 5.74) is 1.84. The minimum absolute atomic E-state index is 0.0610. The number of benzene rings is 2. The number of aryl methyl sites for hydroxylation is 1. The summed E-state index contributed by atoms with van der Waals surface area (Å²) in [5.74, 6) is 0.0369. The maximum Gasteiger partial charge on any atom is 0.260 e. The van der Waals surface area contributed by atoms with Crippen molar-refractivity contribution in [2.45, 2.75) is 26.7 Å². The Morgan fingerprint density at radius 2 is 1.65 bits per heavy atom. The van der Waals surface area contributed by atoms with Gasteiger partial charge in [0.05, 0.1) is 5.69 Å². The number of piperazine rings is 1. The van der Waals surface area contributed by atoms with Crippen LogP contribution in [0.1, 0.15) is 36.2 Å². The number of carbonyl (C=O) groups is 3. The molecule has 1 heterocycles. The van der Waals surface area contributed by atoms with Crippen LogP contribution < -0.4 is 9.64 Å². The third-order valence-electron chi connectivity index (χ3n) is 5.38. The lowest BCUT2D eigenvalue weighted by Gasteiger charge is -2.36. The fraction of sp³-hybridized carbons (Fsp3) is 0.375. The second-order valence-electron chi connectivity index (χ2n) is 7.72. The van der Waals surface area contributed by atoms with Crippen molar-refractivity contribution in [2.75, 3.05) is 37.7 Å². The van der Waals surface area contributed by atoms with Crippen LogP contribution in [-0.4, -0.2) is 55.2 Å². The molecule has 31 heavy (non-hydrogen) atoms. The van der Waals surface area contributed by atoms with E-state index in [-0.39, 0.29) is 24.1 Å². The maximum absolute atomic E-state index is 14.4. The number of hydrogen-bond acceptors (Lipinski definition) is 5. The highest BCUT2D eigenvalue weighted by molar-refractivity contribution is 5.94. The molecule has 3 rings (SSSR count). The zero-order chi connectivity index (χ0) is 22.4. The largest absolute Gasteiger partial charge is 0.484 e. The third-order valence-corrected chi connectivity index (χ3v) is 5.38. The summed E-state index contributed by atoms with van der Waals surface area (Å²) in [5, 5.41) is 0. The Bertz CT molecular complexity index is 951. The van der Waals surface area contributed by atoms with Crippen molar-refractivity contribution in [3.05, 3.63) is 59.4 Å². The molecular weight excluding hydrogens is 399 g/mol. The molecule has 2 aromatic rings. The number of amides is 1. The SMILES string of the molecule is CC(=O)CCc1ccc(OCC(=O)N2CCN(c3ccc(C(C)=O)cc3F)CC2)cc1. The van der Waals surface area contributed by atoms with Gasteiger partial charge in [0.25, 0.3) is 5.91 Å². The first-order chi connectivity index (χ1) is 14.8. The number of Topliss-reactive ketones (excluding diaryl/α,β-unsaturated/α-hetero) is 2. The maximum atomic E-state index is 14.4. The number of halogens is 1. The van der Waals surface area contributed by atoms with Gasteiger partial charge in [-0.1, -0.05) is 12.1 Å². The first kappa shape index (κ1) is 22.5. The zero-order valence-corrected chi connectivity index (χ0v) is 17.9. The van der Waals surface area contributed by atoms with Gasteiger partial charge in [0, 0.05) is 38.2 Å². The van der Waals surface area contributed by atoms with Gasteiger partial charge in [-0.15, -0.1) is 0 Å². The Hall–Kier alpha value is -3.22. The summed E-state index contributed by atoms with van der Waals surface area (Å²) in [6, 6.07) is 11.9. The first-order valence-electron chi connectivity index (χ1n) is 10.4. The van der Waals surface area contributed by atoms with E-state index in [1.807, 2.05) is 17.0 Å². The van der Waals surface area contributed by atoms with Gasteiger partial charge in [-0.05, 0) is 56.2 Å². The molecule has 0 radical (unpaired) electrons. The molecule has 0 atom stereocenters. The van der Waals surface area contributed by atoms with Crippen LogP contribution >= 0.6 is 0 Å². The minimum atomic E-state index is -0.428. The number of anilines is 1. The monoisotopic (exact) mass is 426 g/mol. The minimum Gasteiger partial charge on any atom is -0.484 e. The van der Waals surface area contributed by atoms with Crippen LogP contribution in [0.5, 0.6) is 5.75 Å². The van der Waals surface area contributed by atoms with Gasteiger partial charge < -0.3 is 19.3 Å². The topological polar surface area (TPSA) is 66.9 Å². The smallest absolute Gasteiger partial charge is 0.260 e. The summed E-state index contributed by atoms with van der Waals surface area (Å²) in [7, 11) is 0. The van der Waals surface area contributed by atoms with Crippen LogP contribution in [-0.2, 0) is 16.0 Å². The van der Waals surface area contributed by atoms with Crippen molar-refractivity contribution >= 4 is 23.2 Å². The van der Waals surface area contributed by atoms with E-state index in [9.17, 15) is 18.8 Å². The van der Waals surface area contributed by atoms with E-state index >= 15 is 0 Å². The molecule has 1 saturated heterocycles. The molecule has 0 bridgehead atoms. The van der Waals surface area contributed by atoms with Crippen molar-refractivity contribution in [3.63, 3.8) is 0 Å². The molecule has 7 heteroatoms. The molecule has 0 aromatic heterocycles. The summed E-state index contributed by atoms with van der Waals surface area (Å²) >= 11 is 0. The van der Waals surface area contributed by atoms with E-state index in [1.165, 1.54) is 13.0 Å². The Morgan fingerprint density at radius 3 is 2.23 bits per heavy atom. The third kappa shape index (κ3) is 6.13. The van der Waals surface area contributed by atoms with E-state index in [0.29, 0.717) is 56.0 Å². The zero-order valence-electron chi connectivity index (χ0n) is 17.9. The number of ketones is 2. The number of nitrogens with zero attached hydrogens (tertiary/aromatic N) is 2. The van der Waals surface area contributed by atoms with Crippen LogP contribution in [0.3, 0.4) is 0 Å². The predicted molar refractivity (Wildman–Crippen MR) is 116 cm³/mol. The van der Waals surface area contributed by atoms with Crippen LogP contribution in [0.25, 0.3) is 0 Å². The van der Waals surface area contributed by atoms with Crippen molar-refractivity contribution in [2.24, 2.45) is 0 Å². The molecule has 164 valence electrons. The molecule has 0 aliphatic carbocycles. The highest BCUT2D eigenvalue weighted by Gasteiger charge is 2.23. The van der Waals surface area contributed by atoms with Crippen LogP contribution in [0.15, 0.2) is 42.5 Å². The van der Waals surface area contributed by atoms with E-state index in [0.717, 1.165) is 5.56 Å². The van der Waals surface area contributed by atoms with Gasteiger partial charge in [0.2, 0.25) is 0 Å². The fourth-order valence-electron chi connectivity index (χ4n) is 3.49. The number of hydrogen-bond donors (Lipinski definition) is 0. The van der Waals surface area contributed by atoms with Crippen LogP contribution in [0.4, 0.5) is 10.1 Å². The predicted octanol–water partition coefficient (Wildman–Crippen LogP) is 3.28. The second kappa shape index (κ2) is 10.2. The molecule has 1 fully saturated rings. The highest BCUT2D eigenvalue weighted by atomic mass is 19.1. The molecule has 0 unspecified atom stereocenters. The van der Waals surface area contributed by atoms with E-state index in [4.69, 9.17) is 4.74 Å². The van der Waals surface area contributed by atoms with Gasteiger partial charge in [0.1, 0.15) is 17.3 Å². The molecule has 0 spiro atoms. The Labute approximate surface area is 181 Å². The van der Waals surface area contributed by atoms with E-state index in [1.54, 1.807) is 36.1 Å². The van der Waals surface area contributed by atoms with Crippen molar-refractivity contribution in [1.82, 2.24) is 4.90 Å². The molecular formula is C24H27FN2O4. The number of carbonyl (C=O) groups excluding carboxylic acids is 3. The van der Waals surface area contributed by atoms with Crippen LogP contribution in [0, 0.1) is 5.82 Å². The number of ether oxygens (including phenoxy) is 1. The van der Waals surface area contributed by atoms with Gasteiger partial charge in [-0.3, -0.25) is 9.59 Å². The molecule has 0 saturated carbocycles. The summed E-state index contributed by atoms with van der Waals surface area (Å²) < 4.78 is 20.0. The molecule has 1 aliphatic heterocycles. The molecule has 1 amide bonds. The van der Waals surface area contributed by atoms with Gasteiger partial charge in [-0.25, -0.2) is 4.39 Å². The lowest BCUT2D eigenvalue weighted by atomic mass is 10.1. The summed E-state index contributed by atoms with van der Waals surface area (Å²) in [6.45, 7) is 4.88. The van der Waals surface area contributed by atoms with Crippen molar-refractivity contribution in [3.8, 4) is 5.75 Å². The van der Waals surface area contributed by atoms with Crippen molar-refractivity contribution < 1.29 is 23.5 Å². The highest BCUT2D eigenvalue weighted by Crippen LogP contribution is 2.22. The van der Waals surface area contributed by atoms with E-state index < -0.39 is 5.82 Å². The summed E-state index contributed by atoms with van der Waals surface area (Å²) in [6.07, 6.45) is 1.20. The molecule has 0 N–H and O–H groups in total. The molecule has 6 nitrogen and oxygen atoms in total. The Kier molecular flexibility index (Phi) is 7.39. The van der Waals surface area contributed by atoms with Gasteiger partial charge in [-0.2, -0.15) is 0 Å². The normalized spacial score (nSPS) is 13.8. The average Bonchev–Trinajstić information content (AvgIpc) is 2.76. The van der Waals surface area contributed by atoms with Crippen molar-refractivity contribution in [1.29, 1.82) is 0 Å². The second-order valence-corrected chi connectivity index (χ2v) is 7.72. The Balaban J connectivity index is 1.47. The lowest BCUT2D eigenvalue weighted by Crippen LogP contribution is -2.50. The Morgan fingerprint density at radius 1 is 0.968 bits per heavy atom. The first-order valence-corrected chi connectivity index (χ1v) is 10.4. The lowest BCUT2D eigenvalue weighted by molar-refractivity contribution is -0.133. The fourth-order valence-corrected chi connectivity index (χ4v) is 3.49. The average molecular weight is 426 g/mol. The molecule has 2 aromatic carbocycles.